The molecule has 0 bridgehead atoms. The largest absolute Gasteiger partial charge is 0.463 e. The molecule has 7 rings (SSSR count). The summed E-state index contributed by atoms with van der Waals surface area (Å²) in [6.45, 7) is 3.70. The Kier molecular flexibility index (Phi) is 9.06. The number of anilines is 2. The van der Waals surface area contributed by atoms with Gasteiger partial charge < -0.3 is 25.3 Å². The first-order valence-electron chi connectivity index (χ1n) is 17.5. The molecule has 3 aliphatic rings. The lowest BCUT2D eigenvalue weighted by molar-refractivity contribution is -0.137. The molecule has 2 fully saturated rings. The molecule has 2 saturated carbocycles. The maximum Gasteiger partial charge on any atom is 0.330 e. The normalized spacial score (nSPS) is 17.3. The predicted octanol–water partition coefficient (Wildman–Crippen LogP) is 8.04. The number of fused-ring (bicyclic) bond motifs is 5. The van der Waals surface area contributed by atoms with Crippen LogP contribution < -0.4 is 16.0 Å². The molecule has 3 aromatic carbocycles. The molecule has 3 N–H and O–H groups in total. The number of amides is 2. The molecule has 2 amide bonds. The lowest BCUT2D eigenvalue weighted by atomic mass is 9.81. The van der Waals surface area contributed by atoms with Crippen molar-refractivity contribution in [3.05, 3.63) is 89.5 Å². The fourth-order valence-electron chi connectivity index (χ4n) is 7.95. The van der Waals surface area contributed by atoms with Crippen LogP contribution in [0.15, 0.2) is 72.8 Å². The summed E-state index contributed by atoms with van der Waals surface area (Å²) in [5.41, 5.74) is 7.20. The van der Waals surface area contributed by atoms with Crippen LogP contribution in [-0.2, 0) is 20.9 Å². The number of aromatic nitrogens is 1. The van der Waals surface area contributed by atoms with Crippen molar-refractivity contribution in [3.8, 4) is 11.3 Å². The Hall–Kier alpha value is -4.85. The molecule has 1 aliphatic heterocycles. The molecule has 248 valence electrons. The van der Waals surface area contributed by atoms with Gasteiger partial charge in [0, 0.05) is 52.6 Å². The van der Waals surface area contributed by atoms with E-state index in [1.54, 1.807) is 25.1 Å². The predicted molar refractivity (Wildman–Crippen MR) is 191 cm³/mol. The summed E-state index contributed by atoms with van der Waals surface area (Å²) in [7, 11) is 0. The van der Waals surface area contributed by atoms with Gasteiger partial charge in [0.1, 0.15) is 5.54 Å². The Labute approximate surface area is 281 Å². The van der Waals surface area contributed by atoms with Crippen LogP contribution in [0.25, 0.3) is 28.2 Å². The third-order valence-electron chi connectivity index (χ3n) is 10.3. The van der Waals surface area contributed by atoms with Gasteiger partial charge in [-0.05, 0) is 86.1 Å². The van der Waals surface area contributed by atoms with Crippen molar-refractivity contribution in [3.63, 3.8) is 0 Å². The smallest absolute Gasteiger partial charge is 0.330 e. The molecular weight excluding hydrogens is 600 g/mol. The van der Waals surface area contributed by atoms with E-state index in [1.165, 1.54) is 60.4 Å². The van der Waals surface area contributed by atoms with Crippen LogP contribution >= 0.6 is 0 Å². The van der Waals surface area contributed by atoms with E-state index in [1.807, 2.05) is 24.3 Å². The Morgan fingerprint density at radius 3 is 2.50 bits per heavy atom. The number of ether oxygens (including phenoxy) is 1. The third-order valence-corrected chi connectivity index (χ3v) is 10.3. The van der Waals surface area contributed by atoms with Gasteiger partial charge in [0.05, 0.1) is 12.3 Å². The van der Waals surface area contributed by atoms with Gasteiger partial charge in [-0.25, -0.2) is 4.79 Å². The minimum absolute atomic E-state index is 0.205. The summed E-state index contributed by atoms with van der Waals surface area (Å²) in [6.07, 6.45) is 12.1. The monoisotopic (exact) mass is 644 g/mol. The van der Waals surface area contributed by atoms with Gasteiger partial charge in [-0.2, -0.15) is 0 Å². The molecule has 2 heterocycles. The van der Waals surface area contributed by atoms with Crippen LogP contribution in [0.5, 0.6) is 0 Å². The van der Waals surface area contributed by atoms with Crippen LogP contribution in [-0.4, -0.2) is 41.0 Å². The van der Waals surface area contributed by atoms with E-state index in [0.717, 1.165) is 42.7 Å². The fourth-order valence-corrected chi connectivity index (χ4v) is 7.95. The van der Waals surface area contributed by atoms with Crippen LogP contribution in [0.4, 0.5) is 11.4 Å². The number of carbonyl (C=O) groups is 3. The van der Waals surface area contributed by atoms with E-state index in [4.69, 9.17) is 4.74 Å². The van der Waals surface area contributed by atoms with E-state index in [2.05, 4.69) is 50.8 Å². The molecule has 2 aliphatic carbocycles. The van der Waals surface area contributed by atoms with Gasteiger partial charge in [0.2, 0.25) is 5.91 Å². The summed E-state index contributed by atoms with van der Waals surface area (Å²) < 4.78 is 7.36. The Morgan fingerprint density at radius 2 is 1.73 bits per heavy atom. The summed E-state index contributed by atoms with van der Waals surface area (Å²) in [5, 5.41) is 11.1. The van der Waals surface area contributed by atoms with Gasteiger partial charge in [0.25, 0.3) is 5.91 Å². The number of carbonyl (C=O) groups excluding carboxylic acids is 3. The second kappa shape index (κ2) is 13.7. The van der Waals surface area contributed by atoms with Crippen molar-refractivity contribution in [2.24, 2.45) is 0 Å². The molecular formula is C40H44N4O4. The van der Waals surface area contributed by atoms with E-state index in [-0.39, 0.29) is 11.8 Å². The van der Waals surface area contributed by atoms with Crippen molar-refractivity contribution in [2.45, 2.75) is 82.7 Å². The minimum atomic E-state index is -0.985. The average Bonchev–Trinajstić information content (AvgIpc) is 3.66. The maximum absolute atomic E-state index is 14.0. The molecule has 8 heteroatoms. The first-order valence-corrected chi connectivity index (χ1v) is 17.5. The number of esters is 1. The molecule has 0 saturated heterocycles. The number of hydrogen-bond donors (Lipinski definition) is 3. The number of rotatable bonds is 8. The molecule has 48 heavy (non-hydrogen) atoms. The number of nitrogens with zero attached hydrogens (tertiary/aromatic N) is 1. The van der Waals surface area contributed by atoms with Gasteiger partial charge in [-0.1, -0.05) is 68.5 Å². The van der Waals surface area contributed by atoms with E-state index < -0.39 is 11.5 Å². The molecule has 8 nitrogen and oxygen atoms in total. The zero-order chi connectivity index (χ0) is 33.1. The molecule has 0 unspecified atom stereocenters. The first kappa shape index (κ1) is 31.7. The lowest BCUT2D eigenvalue weighted by Crippen LogP contribution is -2.55. The molecule has 0 spiro atoms. The summed E-state index contributed by atoms with van der Waals surface area (Å²) >= 11 is 0. The number of para-hydroxylation sites is 1. The van der Waals surface area contributed by atoms with Crippen molar-refractivity contribution in [1.29, 1.82) is 0 Å². The van der Waals surface area contributed by atoms with Crippen LogP contribution in [0.3, 0.4) is 0 Å². The zero-order valence-electron chi connectivity index (χ0n) is 27.6. The fraction of sp³-hybridized carbons (Fsp3) is 0.375. The maximum atomic E-state index is 14.0. The number of hydrogen-bond acceptors (Lipinski definition) is 5. The third kappa shape index (κ3) is 6.23. The summed E-state index contributed by atoms with van der Waals surface area (Å²) in [4.78, 5) is 39.5. The lowest BCUT2D eigenvalue weighted by Gasteiger charge is -2.29. The van der Waals surface area contributed by atoms with Gasteiger partial charge in [-0.3, -0.25) is 9.59 Å². The number of nitrogens with one attached hydrogen (secondary N) is 3. The van der Waals surface area contributed by atoms with Gasteiger partial charge in [0.15, 0.2) is 0 Å². The van der Waals surface area contributed by atoms with E-state index >= 15 is 0 Å². The highest BCUT2D eigenvalue weighted by atomic mass is 16.5. The molecule has 0 atom stereocenters. The molecule has 0 radical (unpaired) electrons. The molecule has 1 aromatic heterocycles. The highest BCUT2D eigenvalue weighted by molar-refractivity contribution is 6.06. The van der Waals surface area contributed by atoms with Gasteiger partial charge >= 0.3 is 5.97 Å². The Balaban J connectivity index is 1.16. The van der Waals surface area contributed by atoms with Crippen molar-refractivity contribution >= 4 is 46.1 Å². The zero-order valence-corrected chi connectivity index (χ0v) is 27.6. The minimum Gasteiger partial charge on any atom is -0.463 e. The summed E-state index contributed by atoms with van der Waals surface area (Å²) in [5.74, 6) is -0.331. The average molecular weight is 645 g/mol. The first-order chi connectivity index (χ1) is 23.5. The Bertz CT molecular complexity index is 1860. The second-order valence-corrected chi connectivity index (χ2v) is 13.4. The summed E-state index contributed by atoms with van der Waals surface area (Å²) in [6, 6.07) is 22.0. The van der Waals surface area contributed by atoms with Crippen LogP contribution in [0.2, 0.25) is 0 Å². The number of benzene rings is 3. The van der Waals surface area contributed by atoms with Crippen LogP contribution in [0, 0.1) is 0 Å². The van der Waals surface area contributed by atoms with Crippen LogP contribution in [0.1, 0.15) is 92.1 Å². The highest BCUT2D eigenvalue weighted by Crippen LogP contribution is 2.46. The second-order valence-electron chi connectivity index (χ2n) is 13.4. The topological polar surface area (TPSA) is 101 Å². The molecule has 4 aromatic rings. The van der Waals surface area contributed by atoms with Crippen molar-refractivity contribution in [2.75, 3.05) is 23.8 Å². The van der Waals surface area contributed by atoms with Crippen molar-refractivity contribution in [1.82, 2.24) is 9.88 Å². The van der Waals surface area contributed by atoms with E-state index in [9.17, 15) is 14.4 Å². The SMILES string of the molecule is CCOC(=O)C=Cc1ccc(NC(=O)C2(NC(=O)c3ccc4c(C5CCCCC5)c5n(c4c3)CCNc3ccccc3-5)CCCC2)cc1. The highest BCUT2D eigenvalue weighted by Gasteiger charge is 2.43. The standard InChI is InChI=1S/C40H44N4O4/c1-2-48-35(45)21-16-27-14-18-30(19-15-27)42-39(47)40(22-8-9-23-40)43-38(46)29-17-20-32-34(26-29)44-25-24-41-33-13-7-6-12-31(33)37(44)36(32)28-10-4-3-5-11-28/h6-7,12-21,26,28,41H,2-5,8-11,22-25H2,1H3,(H,42,47)(H,43,46). The van der Waals surface area contributed by atoms with Crippen molar-refractivity contribution < 1.29 is 19.1 Å². The van der Waals surface area contributed by atoms with E-state index in [0.29, 0.717) is 36.6 Å². The quantitative estimate of drug-likeness (QED) is 0.133. The Morgan fingerprint density at radius 1 is 0.958 bits per heavy atom. The van der Waals surface area contributed by atoms with Gasteiger partial charge in [-0.15, -0.1) is 0 Å².